The Bertz CT molecular complexity index is 649. The quantitative estimate of drug-likeness (QED) is 0.871. The number of amides is 1. The van der Waals surface area contributed by atoms with Crippen LogP contribution in [0.15, 0.2) is 36.4 Å². The van der Waals surface area contributed by atoms with Gasteiger partial charge in [0.2, 0.25) is 5.91 Å². The van der Waals surface area contributed by atoms with E-state index in [9.17, 15) is 4.79 Å². The molecule has 0 aliphatic heterocycles. The minimum Gasteiger partial charge on any atom is -0.497 e. The summed E-state index contributed by atoms with van der Waals surface area (Å²) in [7, 11) is 1.67. The maximum Gasteiger partial charge on any atom is 0.227 e. The van der Waals surface area contributed by atoms with Gasteiger partial charge in [-0.1, -0.05) is 38.1 Å². The van der Waals surface area contributed by atoms with Gasteiger partial charge >= 0.3 is 0 Å². The van der Waals surface area contributed by atoms with E-state index in [0.717, 1.165) is 35.1 Å². The standard InChI is InChI=1S/C19H25NO2/c1-13(2)9-10-20-19(21)14(3)15-5-6-17-12-18(22-4)8-7-16(17)11-15/h5-8,11-14H,9-10H2,1-4H3,(H,20,21). The van der Waals surface area contributed by atoms with Gasteiger partial charge in [-0.2, -0.15) is 0 Å². The molecule has 0 heterocycles. The molecule has 0 saturated carbocycles. The summed E-state index contributed by atoms with van der Waals surface area (Å²) in [6.07, 6.45) is 1.01. The topological polar surface area (TPSA) is 38.3 Å². The van der Waals surface area contributed by atoms with Crippen LogP contribution in [-0.2, 0) is 4.79 Å². The van der Waals surface area contributed by atoms with Crippen molar-refractivity contribution in [2.45, 2.75) is 33.1 Å². The van der Waals surface area contributed by atoms with E-state index in [1.54, 1.807) is 7.11 Å². The molecule has 118 valence electrons. The molecule has 0 saturated heterocycles. The second-order valence-electron chi connectivity index (χ2n) is 6.17. The molecule has 1 N–H and O–H groups in total. The summed E-state index contributed by atoms with van der Waals surface area (Å²) >= 11 is 0. The molecule has 0 aliphatic rings. The van der Waals surface area contributed by atoms with Crippen molar-refractivity contribution in [3.05, 3.63) is 42.0 Å². The molecule has 3 nitrogen and oxygen atoms in total. The number of fused-ring (bicyclic) bond motifs is 1. The molecule has 3 heteroatoms. The average molecular weight is 299 g/mol. The van der Waals surface area contributed by atoms with Crippen LogP contribution in [0.5, 0.6) is 5.75 Å². The van der Waals surface area contributed by atoms with Crippen LogP contribution in [0.25, 0.3) is 10.8 Å². The summed E-state index contributed by atoms with van der Waals surface area (Å²) in [5, 5.41) is 5.27. The number of nitrogens with one attached hydrogen (secondary N) is 1. The maximum atomic E-state index is 12.2. The Hall–Kier alpha value is -2.03. The van der Waals surface area contributed by atoms with E-state index in [2.05, 4.69) is 25.2 Å². The van der Waals surface area contributed by atoms with Gasteiger partial charge in [-0.05, 0) is 47.7 Å². The molecule has 2 aromatic carbocycles. The number of methoxy groups -OCH3 is 1. The number of rotatable bonds is 6. The number of benzene rings is 2. The lowest BCUT2D eigenvalue weighted by Crippen LogP contribution is -2.29. The fourth-order valence-electron chi connectivity index (χ4n) is 2.43. The van der Waals surface area contributed by atoms with Gasteiger partial charge in [0, 0.05) is 6.54 Å². The summed E-state index contributed by atoms with van der Waals surface area (Å²) < 4.78 is 5.24. The van der Waals surface area contributed by atoms with Gasteiger partial charge in [0.05, 0.1) is 13.0 Å². The zero-order valence-electron chi connectivity index (χ0n) is 13.8. The molecule has 0 fully saturated rings. The van der Waals surface area contributed by atoms with E-state index in [4.69, 9.17) is 4.74 Å². The molecule has 2 rings (SSSR count). The first-order valence-corrected chi connectivity index (χ1v) is 7.86. The Labute approximate surface area is 132 Å². The molecule has 0 bridgehead atoms. The van der Waals surface area contributed by atoms with E-state index < -0.39 is 0 Å². The molecular weight excluding hydrogens is 274 g/mol. The fourth-order valence-corrected chi connectivity index (χ4v) is 2.43. The molecule has 0 radical (unpaired) electrons. The first-order valence-electron chi connectivity index (χ1n) is 7.86. The van der Waals surface area contributed by atoms with Crippen LogP contribution < -0.4 is 10.1 Å². The molecule has 22 heavy (non-hydrogen) atoms. The van der Waals surface area contributed by atoms with Gasteiger partial charge in [-0.3, -0.25) is 4.79 Å². The first kappa shape index (κ1) is 16.3. The van der Waals surface area contributed by atoms with Crippen LogP contribution in [0.3, 0.4) is 0 Å². The van der Waals surface area contributed by atoms with Gasteiger partial charge in [-0.25, -0.2) is 0 Å². The Morgan fingerprint density at radius 2 is 1.77 bits per heavy atom. The third kappa shape index (κ3) is 4.00. The number of hydrogen-bond acceptors (Lipinski definition) is 2. The minimum atomic E-state index is -0.140. The highest BCUT2D eigenvalue weighted by atomic mass is 16.5. The van der Waals surface area contributed by atoms with Crippen LogP contribution in [-0.4, -0.2) is 19.6 Å². The monoisotopic (exact) mass is 299 g/mol. The van der Waals surface area contributed by atoms with Gasteiger partial charge in [0.15, 0.2) is 0 Å². The summed E-state index contributed by atoms with van der Waals surface area (Å²) in [6, 6.07) is 12.1. The highest BCUT2D eigenvalue weighted by Gasteiger charge is 2.15. The van der Waals surface area contributed by atoms with E-state index in [-0.39, 0.29) is 11.8 Å². The second-order valence-corrected chi connectivity index (χ2v) is 6.17. The predicted molar refractivity (Wildman–Crippen MR) is 91.4 cm³/mol. The molecule has 1 amide bonds. The average Bonchev–Trinajstić information content (AvgIpc) is 2.52. The van der Waals surface area contributed by atoms with Crippen molar-refractivity contribution in [2.75, 3.05) is 13.7 Å². The summed E-state index contributed by atoms with van der Waals surface area (Å²) in [4.78, 5) is 12.2. The van der Waals surface area contributed by atoms with E-state index in [1.165, 1.54) is 0 Å². The zero-order chi connectivity index (χ0) is 16.1. The van der Waals surface area contributed by atoms with E-state index in [0.29, 0.717) is 5.92 Å². The second kappa shape index (κ2) is 7.30. The molecule has 1 unspecified atom stereocenters. The van der Waals surface area contributed by atoms with Gasteiger partial charge in [-0.15, -0.1) is 0 Å². The normalized spacial score (nSPS) is 12.4. The van der Waals surface area contributed by atoms with Gasteiger partial charge < -0.3 is 10.1 Å². The summed E-state index contributed by atoms with van der Waals surface area (Å²) in [5.74, 6) is 1.40. The molecule has 0 aliphatic carbocycles. The Morgan fingerprint density at radius 3 is 2.45 bits per heavy atom. The highest BCUT2D eigenvalue weighted by molar-refractivity contribution is 5.88. The van der Waals surface area contributed by atoms with E-state index in [1.807, 2.05) is 37.3 Å². The molecule has 0 spiro atoms. The fraction of sp³-hybridized carbons (Fsp3) is 0.421. The summed E-state index contributed by atoms with van der Waals surface area (Å²) in [6.45, 7) is 7.02. The van der Waals surface area contributed by atoms with Crippen molar-refractivity contribution >= 4 is 16.7 Å². The minimum absolute atomic E-state index is 0.0912. The van der Waals surface area contributed by atoms with Crippen molar-refractivity contribution in [3.63, 3.8) is 0 Å². The Kier molecular flexibility index (Phi) is 5.42. The van der Waals surface area contributed by atoms with Crippen LogP contribution in [0.1, 0.15) is 38.7 Å². The third-order valence-electron chi connectivity index (χ3n) is 3.99. The van der Waals surface area contributed by atoms with E-state index >= 15 is 0 Å². The Morgan fingerprint density at radius 1 is 1.09 bits per heavy atom. The molecule has 1 atom stereocenters. The largest absolute Gasteiger partial charge is 0.497 e. The van der Waals surface area contributed by atoms with Crippen molar-refractivity contribution < 1.29 is 9.53 Å². The smallest absolute Gasteiger partial charge is 0.227 e. The number of carbonyl (C=O) groups is 1. The summed E-state index contributed by atoms with van der Waals surface area (Å²) in [5.41, 5.74) is 1.04. The number of ether oxygens (including phenoxy) is 1. The predicted octanol–water partition coefficient (Wildman–Crippen LogP) is 4.11. The Balaban J connectivity index is 2.11. The van der Waals surface area contributed by atoms with Crippen molar-refractivity contribution in [3.8, 4) is 5.75 Å². The van der Waals surface area contributed by atoms with Crippen molar-refractivity contribution in [1.29, 1.82) is 0 Å². The van der Waals surface area contributed by atoms with Gasteiger partial charge in [0.1, 0.15) is 5.75 Å². The van der Waals surface area contributed by atoms with Crippen molar-refractivity contribution in [1.82, 2.24) is 5.32 Å². The molecular formula is C19H25NO2. The maximum absolute atomic E-state index is 12.2. The first-order chi connectivity index (χ1) is 10.5. The van der Waals surface area contributed by atoms with Crippen LogP contribution in [0, 0.1) is 5.92 Å². The van der Waals surface area contributed by atoms with Crippen LogP contribution in [0.4, 0.5) is 0 Å². The molecule has 0 aromatic heterocycles. The number of hydrogen-bond donors (Lipinski definition) is 1. The lowest BCUT2D eigenvalue weighted by molar-refractivity contribution is -0.122. The lowest BCUT2D eigenvalue weighted by Gasteiger charge is -2.14. The van der Waals surface area contributed by atoms with Crippen molar-refractivity contribution in [2.24, 2.45) is 5.92 Å². The highest BCUT2D eigenvalue weighted by Crippen LogP contribution is 2.25. The van der Waals surface area contributed by atoms with Crippen LogP contribution >= 0.6 is 0 Å². The van der Waals surface area contributed by atoms with Gasteiger partial charge in [0.25, 0.3) is 0 Å². The number of carbonyl (C=O) groups excluding carboxylic acids is 1. The third-order valence-corrected chi connectivity index (χ3v) is 3.99. The molecule has 2 aromatic rings. The zero-order valence-corrected chi connectivity index (χ0v) is 13.8. The SMILES string of the molecule is COc1ccc2cc(C(C)C(=O)NCCC(C)C)ccc2c1. The lowest BCUT2D eigenvalue weighted by atomic mass is 9.97. The van der Waals surface area contributed by atoms with Crippen LogP contribution in [0.2, 0.25) is 0 Å².